The summed E-state index contributed by atoms with van der Waals surface area (Å²) in [5, 5.41) is 3.05. The van der Waals surface area contributed by atoms with Crippen LogP contribution < -0.4 is 10.1 Å². The lowest BCUT2D eigenvalue weighted by Gasteiger charge is -2.31. The molecule has 4 heteroatoms. The van der Waals surface area contributed by atoms with Crippen molar-refractivity contribution in [2.75, 3.05) is 12.5 Å². The molecule has 0 aliphatic carbocycles. The van der Waals surface area contributed by atoms with Crippen LogP contribution in [0.3, 0.4) is 0 Å². The summed E-state index contributed by atoms with van der Waals surface area (Å²) in [6.07, 6.45) is 1.12. The Morgan fingerprint density at radius 1 is 1.38 bits per heavy atom. The highest BCUT2D eigenvalue weighted by molar-refractivity contribution is 6.17. The number of alkyl halides is 1. The summed E-state index contributed by atoms with van der Waals surface area (Å²) in [6, 6.07) is 7.90. The number of benzene rings is 1. The Labute approximate surface area is 133 Å². The quantitative estimate of drug-likeness (QED) is 0.775. The van der Waals surface area contributed by atoms with Crippen LogP contribution in [-0.2, 0) is 4.79 Å². The molecule has 1 amide bonds. The molecule has 118 valence electrons. The molecule has 21 heavy (non-hydrogen) atoms. The zero-order valence-electron chi connectivity index (χ0n) is 13.4. The molecule has 0 aromatic heterocycles. The Hall–Kier alpha value is -1.22. The Bertz CT molecular complexity index is 454. The summed E-state index contributed by atoms with van der Waals surface area (Å²) >= 11 is 5.81. The maximum atomic E-state index is 12.0. The first-order valence-electron chi connectivity index (χ1n) is 7.37. The fourth-order valence-corrected chi connectivity index (χ4v) is 2.28. The average Bonchev–Trinajstić information content (AvgIpc) is 2.37. The van der Waals surface area contributed by atoms with E-state index in [0.29, 0.717) is 18.9 Å². The Morgan fingerprint density at radius 3 is 2.67 bits per heavy atom. The van der Waals surface area contributed by atoms with Gasteiger partial charge in [-0.3, -0.25) is 4.79 Å². The number of hydrogen-bond acceptors (Lipinski definition) is 2. The summed E-state index contributed by atoms with van der Waals surface area (Å²) < 4.78 is 5.60. The Morgan fingerprint density at radius 2 is 2.10 bits per heavy atom. The molecule has 0 radical (unpaired) electrons. The average molecular weight is 312 g/mol. The topological polar surface area (TPSA) is 38.3 Å². The molecule has 3 nitrogen and oxygen atoms in total. The van der Waals surface area contributed by atoms with E-state index in [4.69, 9.17) is 16.3 Å². The molecule has 0 heterocycles. The maximum Gasteiger partial charge on any atom is 0.223 e. The number of halogens is 1. The zero-order chi connectivity index (χ0) is 15.9. The van der Waals surface area contributed by atoms with E-state index in [-0.39, 0.29) is 17.4 Å². The molecule has 0 saturated heterocycles. The molecule has 0 fully saturated rings. The summed E-state index contributed by atoms with van der Waals surface area (Å²) in [4.78, 5) is 12.0. The molecule has 1 unspecified atom stereocenters. The van der Waals surface area contributed by atoms with Gasteiger partial charge in [0.2, 0.25) is 5.91 Å². The third kappa shape index (κ3) is 6.85. The van der Waals surface area contributed by atoms with Crippen LogP contribution in [0.2, 0.25) is 0 Å². The fraction of sp³-hybridized carbons (Fsp3) is 0.588. The van der Waals surface area contributed by atoms with Crippen molar-refractivity contribution in [3.8, 4) is 5.75 Å². The van der Waals surface area contributed by atoms with Gasteiger partial charge in [0.05, 0.1) is 13.0 Å². The third-order valence-corrected chi connectivity index (χ3v) is 3.58. The van der Waals surface area contributed by atoms with E-state index >= 15 is 0 Å². The van der Waals surface area contributed by atoms with Gasteiger partial charge in [-0.1, -0.05) is 32.9 Å². The number of hydrogen-bond donors (Lipinski definition) is 1. The number of nitrogens with one attached hydrogen (secondary N) is 1. The second kappa shape index (κ2) is 8.28. The summed E-state index contributed by atoms with van der Waals surface area (Å²) in [5.74, 6) is 1.35. The molecular formula is C17H26ClNO2. The number of rotatable bonds is 7. The molecule has 1 N–H and O–H groups in total. The fourth-order valence-electron chi connectivity index (χ4n) is 2.06. The van der Waals surface area contributed by atoms with Gasteiger partial charge in [0.25, 0.3) is 0 Å². The van der Waals surface area contributed by atoms with Crippen molar-refractivity contribution in [3.05, 3.63) is 29.8 Å². The number of aryl methyl sites for hydroxylation is 1. The van der Waals surface area contributed by atoms with Crippen LogP contribution in [0, 0.1) is 12.3 Å². The first-order valence-corrected chi connectivity index (χ1v) is 7.91. The number of amides is 1. The van der Waals surface area contributed by atoms with Gasteiger partial charge in [-0.25, -0.2) is 0 Å². The predicted molar refractivity (Wildman–Crippen MR) is 88.0 cm³/mol. The van der Waals surface area contributed by atoms with E-state index in [2.05, 4.69) is 26.1 Å². The largest absolute Gasteiger partial charge is 0.493 e. The lowest BCUT2D eigenvalue weighted by atomic mass is 9.85. The molecular weight excluding hydrogens is 286 g/mol. The van der Waals surface area contributed by atoms with Crippen LogP contribution in [0.25, 0.3) is 0 Å². The van der Waals surface area contributed by atoms with Crippen LogP contribution in [0.5, 0.6) is 5.75 Å². The second-order valence-electron chi connectivity index (χ2n) is 6.38. The van der Waals surface area contributed by atoms with E-state index in [9.17, 15) is 4.79 Å². The molecule has 0 saturated carbocycles. The van der Waals surface area contributed by atoms with Gasteiger partial charge in [0, 0.05) is 11.9 Å². The third-order valence-electron chi connectivity index (χ3n) is 3.37. The van der Waals surface area contributed by atoms with E-state index < -0.39 is 0 Å². The van der Waals surface area contributed by atoms with Crippen LogP contribution in [0.1, 0.15) is 39.2 Å². The molecule has 1 atom stereocenters. The van der Waals surface area contributed by atoms with Gasteiger partial charge in [-0.15, -0.1) is 11.6 Å². The van der Waals surface area contributed by atoms with E-state index in [0.717, 1.165) is 17.7 Å². The summed E-state index contributed by atoms with van der Waals surface area (Å²) in [5.41, 5.74) is 1.15. The molecule has 1 aromatic carbocycles. The first kappa shape index (κ1) is 17.8. The van der Waals surface area contributed by atoms with Gasteiger partial charge >= 0.3 is 0 Å². The summed E-state index contributed by atoms with van der Waals surface area (Å²) in [7, 11) is 0. The highest BCUT2D eigenvalue weighted by atomic mass is 35.5. The monoisotopic (exact) mass is 311 g/mol. The SMILES string of the molecule is Cc1cccc(OCCC(=O)NC(CCCl)C(C)(C)C)c1. The molecule has 0 spiro atoms. The highest BCUT2D eigenvalue weighted by Crippen LogP contribution is 2.22. The van der Waals surface area contributed by atoms with Gasteiger partial charge in [-0.05, 0) is 36.5 Å². The minimum atomic E-state index is 0.00193. The van der Waals surface area contributed by atoms with E-state index in [1.807, 2.05) is 31.2 Å². The minimum Gasteiger partial charge on any atom is -0.493 e. The normalized spacial score (nSPS) is 12.8. The Kier molecular flexibility index (Phi) is 7.03. The molecule has 1 aromatic rings. The van der Waals surface area contributed by atoms with E-state index in [1.54, 1.807) is 0 Å². The van der Waals surface area contributed by atoms with Crippen LogP contribution in [0.15, 0.2) is 24.3 Å². The first-order chi connectivity index (χ1) is 9.82. The van der Waals surface area contributed by atoms with Crippen molar-refractivity contribution in [1.82, 2.24) is 5.32 Å². The molecule has 0 aliphatic rings. The standard InChI is InChI=1S/C17H26ClNO2/c1-13-6-5-7-14(12-13)21-11-9-16(20)19-15(8-10-18)17(2,3)4/h5-7,12,15H,8-11H2,1-4H3,(H,19,20). The van der Waals surface area contributed by atoms with E-state index in [1.165, 1.54) is 0 Å². The molecule has 1 rings (SSSR count). The smallest absolute Gasteiger partial charge is 0.223 e. The minimum absolute atomic E-state index is 0.00193. The molecule has 0 bridgehead atoms. The maximum absolute atomic E-state index is 12.0. The van der Waals surface area contributed by atoms with Crippen LogP contribution in [-0.4, -0.2) is 24.4 Å². The van der Waals surface area contributed by atoms with Crippen LogP contribution >= 0.6 is 11.6 Å². The number of carbonyl (C=O) groups is 1. The van der Waals surface area contributed by atoms with Gasteiger partial charge in [-0.2, -0.15) is 0 Å². The highest BCUT2D eigenvalue weighted by Gasteiger charge is 2.25. The van der Waals surface area contributed by atoms with Crippen molar-refractivity contribution < 1.29 is 9.53 Å². The van der Waals surface area contributed by atoms with Crippen molar-refractivity contribution in [1.29, 1.82) is 0 Å². The lowest BCUT2D eigenvalue weighted by Crippen LogP contribution is -2.44. The number of carbonyl (C=O) groups excluding carboxylic acids is 1. The Balaban J connectivity index is 2.39. The van der Waals surface area contributed by atoms with Crippen LogP contribution in [0.4, 0.5) is 0 Å². The predicted octanol–water partition coefficient (Wildman–Crippen LogP) is 3.92. The molecule has 0 aliphatic heterocycles. The zero-order valence-corrected chi connectivity index (χ0v) is 14.2. The van der Waals surface area contributed by atoms with Gasteiger partial charge in [0.1, 0.15) is 5.75 Å². The van der Waals surface area contributed by atoms with Crippen molar-refractivity contribution >= 4 is 17.5 Å². The second-order valence-corrected chi connectivity index (χ2v) is 6.76. The van der Waals surface area contributed by atoms with Gasteiger partial charge < -0.3 is 10.1 Å². The van der Waals surface area contributed by atoms with Crippen molar-refractivity contribution in [3.63, 3.8) is 0 Å². The summed E-state index contributed by atoms with van der Waals surface area (Å²) in [6.45, 7) is 8.71. The van der Waals surface area contributed by atoms with Gasteiger partial charge in [0.15, 0.2) is 0 Å². The van der Waals surface area contributed by atoms with Crippen molar-refractivity contribution in [2.45, 2.75) is 46.6 Å². The van der Waals surface area contributed by atoms with Crippen molar-refractivity contribution in [2.24, 2.45) is 5.41 Å². The lowest BCUT2D eigenvalue weighted by molar-refractivity contribution is -0.123. The number of ether oxygens (including phenoxy) is 1.